The zero-order chi connectivity index (χ0) is 13.2. The molecule has 2 unspecified atom stereocenters. The lowest BCUT2D eigenvalue weighted by Crippen LogP contribution is -2.21. The highest BCUT2D eigenvalue weighted by Gasteiger charge is 2.44. The number of aliphatic hydroxyl groups is 2. The standard InChI is InChI=1S/C14H18N2O2/c15-8-5-12(17)13(18)10-1-3-11(4-2-10)14(9-16)6-7-14/h1-4,12-13,17-18H,5-8,15H2. The molecule has 4 nitrogen and oxygen atoms in total. The van der Waals surface area contributed by atoms with Gasteiger partial charge < -0.3 is 15.9 Å². The summed E-state index contributed by atoms with van der Waals surface area (Å²) in [5.41, 5.74) is 6.69. The second-order valence-electron chi connectivity index (χ2n) is 4.91. The summed E-state index contributed by atoms with van der Waals surface area (Å²) in [6, 6.07) is 9.61. The zero-order valence-corrected chi connectivity index (χ0v) is 10.2. The monoisotopic (exact) mass is 246 g/mol. The summed E-state index contributed by atoms with van der Waals surface area (Å²) in [5.74, 6) is 0. The van der Waals surface area contributed by atoms with Crippen molar-refractivity contribution >= 4 is 0 Å². The average molecular weight is 246 g/mol. The van der Waals surface area contributed by atoms with Crippen molar-refractivity contribution in [3.8, 4) is 6.07 Å². The number of nitrogens with two attached hydrogens (primary N) is 1. The van der Waals surface area contributed by atoms with E-state index in [1.165, 1.54) is 0 Å². The molecule has 1 aromatic rings. The quantitative estimate of drug-likeness (QED) is 0.722. The number of nitrogens with zero attached hydrogens (tertiary/aromatic N) is 1. The normalized spacial score (nSPS) is 19.9. The molecule has 4 heteroatoms. The number of benzene rings is 1. The van der Waals surface area contributed by atoms with Gasteiger partial charge in [-0.05, 0) is 36.9 Å². The van der Waals surface area contributed by atoms with Gasteiger partial charge in [-0.2, -0.15) is 5.26 Å². The minimum Gasteiger partial charge on any atom is -0.390 e. The van der Waals surface area contributed by atoms with Gasteiger partial charge in [0, 0.05) is 0 Å². The van der Waals surface area contributed by atoms with Crippen molar-refractivity contribution in [2.24, 2.45) is 5.73 Å². The molecular weight excluding hydrogens is 228 g/mol. The van der Waals surface area contributed by atoms with Crippen molar-refractivity contribution in [1.82, 2.24) is 0 Å². The van der Waals surface area contributed by atoms with Crippen molar-refractivity contribution in [1.29, 1.82) is 5.26 Å². The first kappa shape index (κ1) is 13.0. The van der Waals surface area contributed by atoms with Crippen molar-refractivity contribution in [3.05, 3.63) is 35.4 Å². The maximum absolute atomic E-state index is 9.92. The van der Waals surface area contributed by atoms with Gasteiger partial charge in [0.15, 0.2) is 0 Å². The number of hydrogen-bond donors (Lipinski definition) is 3. The minimum absolute atomic E-state index is 0.306. The van der Waals surface area contributed by atoms with Crippen LogP contribution in [-0.2, 0) is 5.41 Å². The Morgan fingerprint density at radius 2 is 1.89 bits per heavy atom. The van der Waals surface area contributed by atoms with Gasteiger partial charge in [0.05, 0.1) is 17.6 Å². The van der Waals surface area contributed by atoms with Crippen LogP contribution in [0.2, 0.25) is 0 Å². The summed E-state index contributed by atoms with van der Waals surface area (Å²) in [4.78, 5) is 0. The van der Waals surface area contributed by atoms with Crippen LogP contribution in [0, 0.1) is 11.3 Å². The van der Waals surface area contributed by atoms with Crippen LogP contribution in [0.25, 0.3) is 0 Å². The van der Waals surface area contributed by atoms with E-state index in [4.69, 9.17) is 11.0 Å². The Bertz CT molecular complexity index is 446. The smallest absolute Gasteiger partial charge is 0.105 e. The lowest BCUT2D eigenvalue weighted by molar-refractivity contribution is 0.0150. The molecule has 1 aromatic carbocycles. The Hall–Kier alpha value is -1.41. The molecule has 4 N–H and O–H groups in total. The molecule has 1 saturated carbocycles. The van der Waals surface area contributed by atoms with Gasteiger partial charge in [-0.25, -0.2) is 0 Å². The SMILES string of the molecule is N#CC1(c2ccc(C(O)C(O)CCN)cc2)CC1. The Balaban J connectivity index is 2.11. The highest BCUT2D eigenvalue weighted by molar-refractivity contribution is 5.40. The van der Waals surface area contributed by atoms with Crippen molar-refractivity contribution in [3.63, 3.8) is 0 Å². The fourth-order valence-corrected chi connectivity index (χ4v) is 2.14. The highest BCUT2D eigenvalue weighted by atomic mass is 16.3. The molecule has 96 valence electrons. The Morgan fingerprint density at radius 3 is 2.33 bits per heavy atom. The second kappa shape index (κ2) is 5.07. The van der Waals surface area contributed by atoms with E-state index in [9.17, 15) is 10.2 Å². The first-order chi connectivity index (χ1) is 8.63. The zero-order valence-electron chi connectivity index (χ0n) is 10.2. The third-order valence-electron chi connectivity index (χ3n) is 3.60. The summed E-state index contributed by atoms with van der Waals surface area (Å²) in [5, 5.41) is 28.7. The van der Waals surface area contributed by atoms with Crippen LogP contribution in [0.1, 0.15) is 36.5 Å². The van der Waals surface area contributed by atoms with Gasteiger partial charge in [0.1, 0.15) is 6.10 Å². The molecule has 2 atom stereocenters. The van der Waals surface area contributed by atoms with Crippen LogP contribution in [-0.4, -0.2) is 22.9 Å². The van der Waals surface area contributed by atoms with Gasteiger partial charge in [-0.3, -0.25) is 0 Å². The third kappa shape index (κ3) is 2.39. The highest BCUT2D eigenvalue weighted by Crippen LogP contribution is 2.47. The van der Waals surface area contributed by atoms with E-state index in [2.05, 4.69) is 6.07 Å². The van der Waals surface area contributed by atoms with Crippen molar-refractivity contribution in [2.45, 2.75) is 36.9 Å². The average Bonchev–Trinajstić information content (AvgIpc) is 3.19. The summed E-state index contributed by atoms with van der Waals surface area (Å²) in [7, 11) is 0. The van der Waals surface area contributed by atoms with Crippen LogP contribution >= 0.6 is 0 Å². The summed E-state index contributed by atoms with van der Waals surface area (Å²) < 4.78 is 0. The molecule has 1 fully saturated rings. The fraction of sp³-hybridized carbons (Fsp3) is 0.500. The van der Waals surface area contributed by atoms with Gasteiger partial charge in [-0.1, -0.05) is 24.3 Å². The minimum atomic E-state index is -0.917. The maximum Gasteiger partial charge on any atom is 0.105 e. The number of aliphatic hydroxyl groups excluding tert-OH is 2. The molecule has 0 aromatic heterocycles. The van der Waals surface area contributed by atoms with Crippen LogP contribution in [0.15, 0.2) is 24.3 Å². The molecule has 0 amide bonds. The van der Waals surface area contributed by atoms with Crippen LogP contribution in [0.3, 0.4) is 0 Å². The number of hydrogen-bond acceptors (Lipinski definition) is 4. The lowest BCUT2D eigenvalue weighted by atomic mass is 9.94. The van der Waals surface area contributed by atoms with E-state index in [1.54, 1.807) is 12.1 Å². The topological polar surface area (TPSA) is 90.3 Å². The Labute approximate surface area is 107 Å². The maximum atomic E-state index is 9.92. The van der Waals surface area contributed by atoms with Gasteiger partial charge in [0.2, 0.25) is 0 Å². The van der Waals surface area contributed by atoms with Gasteiger partial charge >= 0.3 is 0 Å². The summed E-state index contributed by atoms with van der Waals surface area (Å²) >= 11 is 0. The predicted octanol–water partition coefficient (Wildman–Crippen LogP) is 0.985. The molecule has 0 saturated heterocycles. The number of nitriles is 1. The van der Waals surface area contributed by atoms with Crippen LogP contribution in [0.5, 0.6) is 0 Å². The predicted molar refractivity (Wildman–Crippen MR) is 67.6 cm³/mol. The molecule has 0 bridgehead atoms. The van der Waals surface area contributed by atoms with Crippen molar-refractivity contribution in [2.75, 3.05) is 6.54 Å². The van der Waals surface area contributed by atoms with Gasteiger partial charge in [0.25, 0.3) is 0 Å². The van der Waals surface area contributed by atoms with E-state index < -0.39 is 12.2 Å². The van der Waals surface area contributed by atoms with E-state index in [-0.39, 0.29) is 5.41 Å². The number of rotatable bonds is 5. The first-order valence-corrected chi connectivity index (χ1v) is 6.21. The molecule has 1 aliphatic carbocycles. The molecule has 1 aliphatic rings. The van der Waals surface area contributed by atoms with Crippen LogP contribution < -0.4 is 5.73 Å². The van der Waals surface area contributed by atoms with E-state index in [0.717, 1.165) is 18.4 Å². The molecule has 0 aliphatic heterocycles. The summed E-state index contributed by atoms with van der Waals surface area (Å²) in [6.45, 7) is 0.341. The first-order valence-electron chi connectivity index (χ1n) is 6.21. The summed E-state index contributed by atoms with van der Waals surface area (Å²) in [6.07, 6.45) is 0.416. The van der Waals surface area contributed by atoms with Gasteiger partial charge in [-0.15, -0.1) is 0 Å². The van der Waals surface area contributed by atoms with E-state index >= 15 is 0 Å². The Kier molecular flexibility index (Phi) is 3.67. The molecular formula is C14H18N2O2. The largest absolute Gasteiger partial charge is 0.390 e. The van der Waals surface area contributed by atoms with Crippen molar-refractivity contribution < 1.29 is 10.2 Å². The fourth-order valence-electron chi connectivity index (χ4n) is 2.14. The molecule has 2 rings (SSSR count). The molecule has 18 heavy (non-hydrogen) atoms. The molecule has 0 radical (unpaired) electrons. The third-order valence-corrected chi connectivity index (χ3v) is 3.60. The lowest BCUT2D eigenvalue weighted by Gasteiger charge is -2.18. The molecule has 0 heterocycles. The molecule has 0 spiro atoms. The van der Waals surface area contributed by atoms with E-state index in [1.807, 2.05) is 12.1 Å². The Morgan fingerprint density at radius 1 is 1.28 bits per heavy atom. The van der Waals surface area contributed by atoms with Crippen LogP contribution in [0.4, 0.5) is 0 Å². The second-order valence-corrected chi connectivity index (χ2v) is 4.91. The van der Waals surface area contributed by atoms with E-state index in [0.29, 0.717) is 18.5 Å².